The van der Waals surface area contributed by atoms with Crippen molar-refractivity contribution in [3.05, 3.63) is 0 Å². The summed E-state index contributed by atoms with van der Waals surface area (Å²) in [6, 6.07) is 0. The van der Waals surface area contributed by atoms with Crippen LogP contribution >= 0.6 is 0 Å². The Balaban J connectivity index is 3.25. The second kappa shape index (κ2) is 6.39. The van der Waals surface area contributed by atoms with Crippen LogP contribution in [0.2, 0.25) is 0 Å². The molecule has 0 fully saturated rings. The fourth-order valence-corrected chi connectivity index (χ4v) is 1.20. The molecule has 0 rings (SSSR count). The summed E-state index contributed by atoms with van der Waals surface area (Å²) in [4.78, 5) is 0. The lowest BCUT2D eigenvalue weighted by atomic mass is 9.92. The van der Waals surface area contributed by atoms with Crippen LogP contribution in [0.1, 0.15) is 40.5 Å². The van der Waals surface area contributed by atoms with Gasteiger partial charge in [-0.15, -0.1) is 0 Å². The summed E-state index contributed by atoms with van der Waals surface area (Å²) in [7, 11) is 0. The van der Waals surface area contributed by atoms with Crippen LogP contribution < -0.4 is 11.1 Å². The third-order valence-corrected chi connectivity index (χ3v) is 2.20. The molecular formula is C11H26N2. The minimum atomic E-state index is 0.449. The molecule has 0 aliphatic heterocycles. The van der Waals surface area contributed by atoms with Gasteiger partial charge in [-0.25, -0.2) is 0 Å². The first-order chi connectivity index (χ1) is 5.95. The van der Waals surface area contributed by atoms with Crippen molar-refractivity contribution >= 4 is 0 Å². The third kappa shape index (κ3) is 9.84. The Bertz CT molecular complexity index is 116. The second-order valence-electron chi connectivity index (χ2n) is 5.20. The molecule has 0 amide bonds. The smallest absolute Gasteiger partial charge is 0.00227 e. The molecule has 0 heterocycles. The van der Waals surface area contributed by atoms with E-state index in [0.29, 0.717) is 11.3 Å². The van der Waals surface area contributed by atoms with E-state index in [4.69, 9.17) is 5.73 Å². The van der Waals surface area contributed by atoms with E-state index in [0.717, 1.165) is 26.1 Å². The number of rotatable bonds is 6. The van der Waals surface area contributed by atoms with Gasteiger partial charge in [0.2, 0.25) is 0 Å². The quantitative estimate of drug-likeness (QED) is 0.623. The molecule has 2 nitrogen and oxygen atoms in total. The molecule has 0 aromatic heterocycles. The number of nitrogens with two attached hydrogens (primary N) is 1. The summed E-state index contributed by atoms with van der Waals surface area (Å²) in [6.07, 6.45) is 2.37. The largest absolute Gasteiger partial charge is 0.330 e. The van der Waals surface area contributed by atoms with Gasteiger partial charge in [-0.3, -0.25) is 0 Å². The third-order valence-electron chi connectivity index (χ3n) is 2.20. The molecule has 0 spiro atoms. The normalized spacial score (nSPS) is 14.5. The highest BCUT2D eigenvalue weighted by molar-refractivity contribution is 4.64. The molecule has 0 aromatic rings. The van der Waals surface area contributed by atoms with Crippen LogP contribution in [0.5, 0.6) is 0 Å². The first-order valence-electron chi connectivity index (χ1n) is 5.36. The van der Waals surface area contributed by atoms with Crippen molar-refractivity contribution in [2.75, 3.05) is 19.6 Å². The zero-order chi connectivity index (χ0) is 10.3. The van der Waals surface area contributed by atoms with Gasteiger partial charge >= 0.3 is 0 Å². The van der Waals surface area contributed by atoms with Crippen molar-refractivity contribution in [2.24, 2.45) is 17.1 Å². The van der Waals surface area contributed by atoms with Gasteiger partial charge in [0, 0.05) is 0 Å². The predicted octanol–water partition coefficient (Wildman–Crippen LogP) is 2.00. The van der Waals surface area contributed by atoms with Crippen molar-refractivity contribution in [3.8, 4) is 0 Å². The van der Waals surface area contributed by atoms with Gasteiger partial charge in [0.15, 0.2) is 0 Å². The van der Waals surface area contributed by atoms with Crippen LogP contribution in [0.3, 0.4) is 0 Å². The molecule has 0 radical (unpaired) electrons. The molecule has 2 heteroatoms. The lowest BCUT2D eigenvalue weighted by Gasteiger charge is -2.19. The number of hydrogen-bond donors (Lipinski definition) is 2. The van der Waals surface area contributed by atoms with Crippen LogP contribution in [0, 0.1) is 11.3 Å². The summed E-state index contributed by atoms with van der Waals surface area (Å²) in [5, 5.41) is 3.47. The van der Waals surface area contributed by atoms with E-state index in [2.05, 4.69) is 33.0 Å². The maximum atomic E-state index is 5.48. The fraction of sp³-hybridized carbons (Fsp3) is 1.00. The van der Waals surface area contributed by atoms with Crippen molar-refractivity contribution in [1.29, 1.82) is 0 Å². The lowest BCUT2D eigenvalue weighted by Crippen LogP contribution is -2.26. The van der Waals surface area contributed by atoms with E-state index >= 15 is 0 Å². The molecule has 0 saturated carbocycles. The average Bonchev–Trinajstić information content (AvgIpc) is 1.97. The molecule has 0 aromatic carbocycles. The standard InChI is InChI=1S/C11H26N2/c1-10(5-7-12)9-13-8-6-11(2,3)4/h10,13H,5-9,12H2,1-4H3. The predicted molar refractivity (Wildman–Crippen MR) is 59.8 cm³/mol. The Morgan fingerprint density at radius 1 is 1.31 bits per heavy atom. The summed E-state index contributed by atoms with van der Waals surface area (Å²) in [6.45, 7) is 12.1. The van der Waals surface area contributed by atoms with Crippen molar-refractivity contribution < 1.29 is 0 Å². The van der Waals surface area contributed by atoms with E-state index in [1.807, 2.05) is 0 Å². The van der Waals surface area contributed by atoms with Gasteiger partial charge in [-0.1, -0.05) is 27.7 Å². The van der Waals surface area contributed by atoms with Crippen molar-refractivity contribution in [3.63, 3.8) is 0 Å². The van der Waals surface area contributed by atoms with Crippen LogP contribution in [0.15, 0.2) is 0 Å². The Labute approximate surface area is 83.3 Å². The summed E-state index contributed by atoms with van der Waals surface area (Å²) < 4.78 is 0. The molecule has 0 aliphatic carbocycles. The van der Waals surface area contributed by atoms with E-state index in [1.54, 1.807) is 0 Å². The first-order valence-corrected chi connectivity index (χ1v) is 5.36. The second-order valence-corrected chi connectivity index (χ2v) is 5.20. The Morgan fingerprint density at radius 3 is 2.38 bits per heavy atom. The van der Waals surface area contributed by atoms with Gasteiger partial charge in [0.25, 0.3) is 0 Å². The minimum absolute atomic E-state index is 0.449. The van der Waals surface area contributed by atoms with E-state index in [-0.39, 0.29) is 0 Å². The maximum absolute atomic E-state index is 5.48. The topological polar surface area (TPSA) is 38.0 Å². The molecule has 1 atom stereocenters. The number of nitrogens with one attached hydrogen (secondary N) is 1. The summed E-state index contributed by atoms with van der Waals surface area (Å²) in [5.74, 6) is 0.713. The molecule has 3 N–H and O–H groups in total. The Hall–Kier alpha value is -0.0800. The molecule has 0 aliphatic rings. The van der Waals surface area contributed by atoms with Gasteiger partial charge < -0.3 is 11.1 Å². The first kappa shape index (κ1) is 12.9. The zero-order valence-electron chi connectivity index (χ0n) is 9.69. The SMILES string of the molecule is CC(CCN)CNCCC(C)(C)C. The van der Waals surface area contributed by atoms with Crippen LogP contribution in [0.4, 0.5) is 0 Å². The Kier molecular flexibility index (Phi) is 6.35. The van der Waals surface area contributed by atoms with Crippen LogP contribution in [-0.4, -0.2) is 19.6 Å². The molecule has 13 heavy (non-hydrogen) atoms. The van der Waals surface area contributed by atoms with E-state index < -0.39 is 0 Å². The monoisotopic (exact) mass is 186 g/mol. The van der Waals surface area contributed by atoms with Crippen molar-refractivity contribution in [2.45, 2.75) is 40.5 Å². The van der Waals surface area contributed by atoms with Crippen LogP contribution in [0.25, 0.3) is 0 Å². The average molecular weight is 186 g/mol. The van der Waals surface area contributed by atoms with Gasteiger partial charge in [-0.2, -0.15) is 0 Å². The van der Waals surface area contributed by atoms with E-state index in [9.17, 15) is 0 Å². The molecular weight excluding hydrogens is 160 g/mol. The van der Waals surface area contributed by atoms with Gasteiger partial charge in [0.1, 0.15) is 0 Å². The van der Waals surface area contributed by atoms with Crippen molar-refractivity contribution in [1.82, 2.24) is 5.32 Å². The highest BCUT2D eigenvalue weighted by Gasteiger charge is 2.09. The van der Waals surface area contributed by atoms with E-state index in [1.165, 1.54) is 6.42 Å². The molecule has 0 saturated heterocycles. The minimum Gasteiger partial charge on any atom is -0.330 e. The van der Waals surface area contributed by atoms with Gasteiger partial charge in [-0.05, 0) is 43.8 Å². The van der Waals surface area contributed by atoms with Crippen LogP contribution in [-0.2, 0) is 0 Å². The summed E-state index contributed by atoms with van der Waals surface area (Å²) >= 11 is 0. The molecule has 0 bridgehead atoms. The summed E-state index contributed by atoms with van der Waals surface area (Å²) in [5.41, 5.74) is 5.92. The molecule has 80 valence electrons. The molecule has 1 unspecified atom stereocenters. The van der Waals surface area contributed by atoms with Gasteiger partial charge in [0.05, 0.1) is 0 Å². The highest BCUT2D eigenvalue weighted by atomic mass is 14.9. The Morgan fingerprint density at radius 2 is 1.92 bits per heavy atom. The highest BCUT2D eigenvalue weighted by Crippen LogP contribution is 2.16. The zero-order valence-corrected chi connectivity index (χ0v) is 9.69. The number of hydrogen-bond acceptors (Lipinski definition) is 2. The fourth-order valence-electron chi connectivity index (χ4n) is 1.20. The maximum Gasteiger partial charge on any atom is -0.00227 e. The lowest BCUT2D eigenvalue weighted by molar-refractivity contribution is 0.358.